The summed E-state index contributed by atoms with van der Waals surface area (Å²) in [5.41, 5.74) is 2.72. The van der Waals surface area contributed by atoms with E-state index >= 15 is 0 Å². The maximum atomic E-state index is 12.7. The van der Waals surface area contributed by atoms with E-state index in [1.54, 1.807) is 25.1 Å². The van der Waals surface area contributed by atoms with Crippen molar-refractivity contribution in [2.24, 2.45) is 4.99 Å². The van der Waals surface area contributed by atoms with Gasteiger partial charge in [-0.1, -0.05) is 18.7 Å². The Morgan fingerprint density at radius 3 is 2.58 bits per heavy atom. The Labute approximate surface area is 140 Å². The van der Waals surface area contributed by atoms with Crippen molar-refractivity contribution >= 4 is 33.8 Å². The van der Waals surface area contributed by atoms with E-state index in [1.807, 2.05) is 13.0 Å². The van der Waals surface area contributed by atoms with Crippen LogP contribution in [0.15, 0.2) is 52.4 Å². The molecule has 0 aliphatic carbocycles. The Morgan fingerprint density at radius 1 is 1.12 bits per heavy atom. The van der Waals surface area contributed by atoms with E-state index in [4.69, 9.17) is 0 Å². The van der Waals surface area contributed by atoms with Crippen LogP contribution in [0.3, 0.4) is 0 Å². The number of carbonyl (C=O) groups excluding carboxylic acids is 1. The highest BCUT2D eigenvalue weighted by Gasteiger charge is 2.18. The molecule has 3 rings (SSSR count). The summed E-state index contributed by atoms with van der Waals surface area (Å²) in [5, 5.41) is 0.826. The molecule has 1 amide bonds. The number of allylic oxidation sites excluding steroid dienone is 1. The molecule has 0 spiro atoms. The first-order valence-electron chi connectivity index (χ1n) is 7.30. The number of fused-ring (bicyclic) bond motifs is 1. The van der Waals surface area contributed by atoms with E-state index in [2.05, 4.69) is 16.3 Å². The average molecular weight is 340 g/mol. The fourth-order valence-corrected chi connectivity index (χ4v) is 3.71. The summed E-state index contributed by atoms with van der Waals surface area (Å²) in [5.74, 6) is -0.363. The second-order valence-corrected chi connectivity index (χ2v) is 7.41. The normalized spacial score (nSPS) is 13.8. The Hall–Kier alpha value is -2.73. The molecular formula is C18H16N2O3S. The Balaban J connectivity index is 2.11. The third-order valence-corrected chi connectivity index (χ3v) is 5.09. The van der Waals surface area contributed by atoms with Gasteiger partial charge in [-0.2, -0.15) is 0 Å². The third kappa shape index (κ3) is 3.00. The zero-order valence-corrected chi connectivity index (χ0v) is 14.1. The number of carbonyl (C=O) groups is 1. The lowest BCUT2D eigenvalue weighted by Gasteiger charge is -2.12. The van der Waals surface area contributed by atoms with E-state index < -0.39 is 10.0 Å². The van der Waals surface area contributed by atoms with Gasteiger partial charge >= 0.3 is 0 Å². The molecule has 1 N–H and O–H groups in total. The summed E-state index contributed by atoms with van der Waals surface area (Å²) in [6, 6.07) is 10.0. The summed E-state index contributed by atoms with van der Waals surface area (Å²) >= 11 is 0. The second-order valence-electron chi connectivity index (χ2n) is 5.73. The van der Waals surface area contributed by atoms with E-state index in [9.17, 15) is 13.2 Å². The van der Waals surface area contributed by atoms with Crippen LogP contribution in [0.2, 0.25) is 0 Å². The molecule has 1 heterocycles. The van der Waals surface area contributed by atoms with Gasteiger partial charge in [-0.15, -0.1) is 0 Å². The highest BCUT2D eigenvalue weighted by molar-refractivity contribution is 7.92. The number of amides is 1. The molecule has 6 heteroatoms. The summed E-state index contributed by atoms with van der Waals surface area (Å²) in [6.07, 6.45) is 1.38. The molecule has 1 aliphatic rings. The number of benzene rings is 2. The maximum absolute atomic E-state index is 12.7. The van der Waals surface area contributed by atoms with Gasteiger partial charge in [0.15, 0.2) is 0 Å². The van der Waals surface area contributed by atoms with Crippen molar-refractivity contribution < 1.29 is 13.2 Å². The van der Waals surface area contributed by atoms with Crippen molar-refractivity contribution in [2.75, 3.05) is 4.72 Å². The van der Waals surface area contributed by atoms with Crippen LogP contribution < -0.4 is 15.3 Å². The smallest absolute Gasteiger partial charge is 0.270 e. The highest BCUT2D eigenvalue weighted by atomic mass is 32.2. The van der Waals surface area contributed by atoms with Gasteiger partial charge in [0, 0.05) is 17.3 Å². The number of aryl methyl sites for hydroxylation is 1. The Kier molecular flexibility index (Phi) is 3.85. The lowest BCUT2D eigenvalue weighted by atomic mass is 10.0. The van der Waals surface area contributed by atoms with Crippen LogP contribution in [0.25, 0.3) is 12.2 Å². The van der Waals surface area contributed by atoms with Gasteiger partial charge in [-0.3, -0.25) is 9.52 Å². The molecule has 0 radical (unpaired) electrons. The van der Waals surface area contributed by atoms with Crippen molar-refractivity contribution in [2.45, 2.75) is 18.7 Å². The molecule has 5 nitrogen and oxygen atoms in total. The first-order chi connectivity index (χ1) is 11.3. The molecule has 2 aromatic rings. The quantitative estimate of drug-likeness (QED) is 0.925. The Morgan fingerprint density at radius 2 is 1.88 bits per heavy atom. The molecule has 0 saturated carbocycles. The molecule has 0 bridgehead atoms. The van der Waals surface area contributed by atoms with Crippen LogP contribution in [0.4, 0.5) is 5.69 Å². The minimum absolute atomic E-state index is 0.0880. The molecule has 0 atom stereocenters. The molecule has 122 valence electrons. The predicted octanol–water partition coefficient (Wildman–Crippen LogP) is 1.77. The van der Waals surface area contributed by atoms with Crippen molar-refractivity contribution in [3.8, 4) is 0 Å². The van der Waals surface area contributed by atoms with Gasteiger partial charge in [-0.05, 0) is 54.5 Å². The summed E-state index contributed by atoms with van der Waals surface area (Å²) in [4.78, 5) is 15.6. The molecular weight excluding hydrogens is 324 g/mol. The largest absolute Gasteiger partial charge is 0.280 e. The maximum Gasteiger partial charge on any atom is 0.270 e. The first kappa shape index (κ1) is 16.1. The van der Waals surface area contributed by atoms with Gasteiger partial charge in [0.05, 0.1) is 10.3 Å². The van der Waals surface area contributed by atoms with Crippen LogP contribution in [0.5, 0.6) is 0 Å². The van der Waals surface area contributed by atoms with Crippen molar-refractivity contribution in [3.63, 3.8) is 0 Å². The molecule has 0 unspecified atom stereocenters. The fraction of sp³-hybridized carbons (Fsp3) is 0.111. The van der Waals surface area contributed by atoms with Gasteiger partial charge in [0.2, 0.25) is 0 Å². The lowest BCUT2D eigenvalue weighted by Crippen LogP contribution is -2.32. The van der Waals surface area contributed by atoms with E-state index in [0.29, 0.717) is 27.4 Å². The van der Waals surface area contributed by atoms with Gasteiger partial charge in [-0.25, -0.2) is 13.4 Å². The van der Waals surface area contributed by atoms with Crippen LogP contribution in [0.1, 0.15) is 18.1 Å². The SMILES string of the molecule is C=c1cc(S(=O)(=O)Nc2cccc(C)c2)cc2c1=NC(=O)C=C2C. The number of nitrogens with zero attached hydrogens (tertiary/aromatic N) is 1. The van der Waals surface area contributed by atoms with E-state index in [-0.39, 0.29) is 10.8 Å². The lowest BCUT2D eigenvalue weighted by molar-refractivity contribution is -0.113. The number of hydrogen-bond acceptors (Lipinski definition) is 3. The summed E-state index contributed by atoms with van der Waals surface area (Å²) in [6.45, 7) is 7.46. The zero-order chi connectivity index (χ0) is 17.5. The number of nitrogens with one attached hydrogen (secondary N) is 1. The molecule has 0 saturated heterocycles. The van der Waals surface area contributed by atoms with Crippen molar-refractivity contribution in [1.29, 1.82) is 0 Å². The second kappa shape index (κ2) is 5.72. The van der Waals surface area contributed by atoms with Crippen molar-refractivity contribution in [3.05, 3.63) is 64.2 Å². The third-order valence-electron chi connectivity index (χ3n) is 3.73. The minimum Gasteiger partial charge on any atom is -0.280 e. The number of anilines is 1. The van der Waals surface area contributed by atoms with Crippen LogP contribution in [-0.2, 0) is 14.8 Å². The van der Waals surface area contributed by atoms with Gasteiger partial charge in [0.25, 0.3) is 15.9 Å². The summed E-state index contributed by atoms with van der Waals surface area (Å²) < 4.78 is 27.9. The summed E-state index contributed by atoms with van der Waals surface area (Å²) in [7, 11) is -3.77. The van der Waals surface area contributed by atoms with Crippen molar-refractivity contribution in [1.82, 2.24) is 0 Å². The Bertz CT molecular complexity index is 1100. The molecule has 0 fully saturated rings. The number of sulfonamides is 1. The topological polar surface area (TPSA) is 75.6 Å². The zero-order valence-electron chi connectivity index (χ0n) is 13.3. The highest BCUT2D eigenvalue weighted by Crippen LogP contribution is 2.19. The average Bonchev–Trinajstić information content (AvgIpc) is 2.47. The molecule has 0 aromatic heterocycles. The van der Waals surface area contributed by atoms with E-state index in [0.717, 1.165) is 5.56 Å². The van der Waals surface area contributed by atoms with Crippen LogP contribution >= 0.6 is 0 Å². The molecule has 24 heavy (non-hydrogen) atoms. The predicted molar refractivity (Wildman–Crippen MR) is 93.4 cm³/mol. The van der Waals surface area contributed by atoms with Crippen LogP contribution in [0, 0.1) is 6.92 Å². The monoisotopic (exact) mass is 340 g/mol. The number of rotatable bonds is 3. The number of hydrogen-bond donors (Lipinski definition) is 1. The first-order valence-corrected chi connectivity index (χ1v) is 8.78. The fourth-order valence-electron chi connectivity index (χ4n) is 2.58. The standard InChI is InChI=1S/C18H16N2O3S/c1-11-5-4-6-14(7-11)20-24(22,23)15-8-13(3)18-16(10-15)12(2)9-17(21)19-18/h4-10,20H,3H2,1-2H3. The van der Waals surface area contributed by atoms with Crippen LogP contribution in [-0.4, -0.2) is 14.3 Å². The van der Waals surface area contributed by atoms with Gasteiger partial charge in [0.1, 0.15) is 0 Å². The van der Waals surface area contributed by atoms with Gasteiger partial charge < -0.3 is 0 Å². The molecule has 2 aromatic carbocycles. The van der Waals surface area contributed by atoms with E-state index in [1.165, 1.54) is 18.2 Å². The minimum atomic E-state index is -3.77. The molecule has 1 aliphatic heterocycles.